The molecule has 0 aromatic carbocycles. The quantitative estimate of drug-likeness (QED) is 0.709. The van der Waals surface area contributed by atoms with E-state index in [-0.39, 0.29) is 6.54 Å². The van der Waals surface area contributed by atoms with Crippen molar-refractivity contribution < 1.29 is 8.78 Å². The lowest BCUT2D eigenvalue weighted by molar-refractivity contribution is 0.146. The zero-order chi connectivity index (χ0) is 10.2. The number of nitrogens with zero attached hydrogens (tertiary/aromatic N) is 1. The van der Waals surface area contributed by atoms with Crippen molar-refractivity contribution in [3.8, 4) is 0 Å². The second-order valence-corrected chi connectivity index (χ2v) is 3.05. The van der Waals surface area contributed by atoms with Gasteiger partial charge in [0.05, 0.1) is 6.54 Å². The molecule has 1 aromatic rings. The largest absolute Gasteiger partial charge is 0.311 e. The molecule has 1 N–H and O–H groups in total. The van der Waals surface area contributed by atoms with Crippen molar-refractivity contribution in [2.75, 3.05) is 13.1 Å². The Labute approximate surface area is 82.4 Å². The molecule has 0 aliphatic carbocycles. The van der Waals surface area contributed by atoms with Crippen LogP contribution in [0.5, 0.6) is 0 Å². The van der Waals surface area contributed by atoms with E-state index < -0.39 is 6.43 Å². The number of aryl methyl sites for hydroxylation is 1. The molecule has 2 nitrogen and oxygen atoms in total. The molecule has 0 aliphatic heterocycles. The number of alkyl halides is 2. The third-order valence-corrected chi connectivity index (χ3v) is 1.87. The van der Waals surface area contributed by atoms with E-state index in [1.165, 1.54) is 5.56 Å². The normalized spacial score (nSPS) is 10.8. The van der Waals surface area contributed by atoms with Gasteiger partial charge in [-0.15, -0.1) is 0 Å². The standard InChI is InChI=1S/C10H14F2N2/c11-10(12)8-14-5-1-2-9-3-6-13-7-4-9/h3-4,6-7,10,14H,1-2,5,8H2. The Kier molecular flexibility index (Phi) is 5.07. The van der Waals surface area contributed by atoms with Gasteiger partial charge in [-0.1, -0.05) is 0 Å². The minimum atomic E-state index is -2.25. The van der Waals surface area contributed by atoms with Gasteiger partial charge in [-0.3, -0.25) is 4.98 Å². The van der Waals surface area contributed by atoms with Crippen LogP contribution in [0.15, 0.2) is 24.5 Å². The first kappa shape index (κ1) is 11.0. The summed E-state index contributed by atoms with van der Waals surface area (Å²) in [6.45, 7) is 0.420. The highest BCUT2D eigenvalue weighted by atomic mass is 19.3. The number of halogens is 2. The van der Waals surface area contributed by atoms with E-state index in [4.69, 9.17) is 0 Å². The molecule has 0 bridgehead atoms. The van der Waals surface area contributed by atoms with Gasteiger partial charge in [0, 0.05) is 12.4 Å². The first-order valence-corrected chi connectivity index (χ1v) is 4.67. The highest BCUT2D eigenvalue weighted by Crippen LogP contribution is 1.99. The number of hydrogen-bond donors (Lipinski definition) is 1. The van der Waals surface area contributed by atoms with Crippen molar-refractivity contribution in [2.45, 2.75) is 19.3 Å². The summed E-state index contributed by atoms with van der Waals surface area (Å²) in [5.41, 5.74) is 1.19. The molecule has 1 heterocycles. The number of aromatic nitrogens is 1. The van der Waals surface area contributed by atoms with E-state index in [0.29, 0.717) is 6.54 Å². The Morgan fingerprint density at radius 2 is 2.00 bits per heavy atom. The molecule has 0 aliphatic rings. The molecule has 78 valence electrons. The first-order valence-electron chi connectivity index (χ1n) is 4.67. The Bertz CT molecular complexity index is 239. The first-order chi connectivity index (χ1) is 6.79. The van der Waals surface area contributed by atoms with Crippen LogP contribution < -0.4 is 5.32 Å². The van der Waals surface area contributed by atoms with Crippen LogP contribution in [0.25, 0.3) is 0 Å². The smallest absolute Gasteiger partial charge is 0.250 e. The molecule has 4 heteroatoms. The van der Waals surface area contributed by atoms with Gasteiger partial charge in [-0.2, -0.15) is 0 Å². The van der Waals surface area contributed by atoms with E-state index in [1.54, 1.807) is 12.4 Å². The maximum atomic E-state index is 11.7. The van der Waals surface area contributed by atoms with E-state index in [0.717, 1.165) is 12.8 Å². The SMILES string of the molecule is FC(F)CNCCCc1ccncc1. The van der Waals surface area contributed by atoms with E-state index in [9.17, 15) is 8.78 Å². The van der Waals surface area contributed by atoms with Crippen LogP contribution in [0.2, 0.25) is 0 Å². The molecule has 0 saturated carbocycles. The van der Waals surface area contributed by atoms with Crippen molar-refractivity contribution in [3.05, 3.63) is 30.1 Å². The van der Waals surface area contributed by atoms with Gasteiger partial charge < -0.3 is 5.32 Å². The third-order valence-electron chi connectivity index (χ3n) is 1.87. The molecule has 0 spiro atoms. The average Bonchev–Trinajstić information content (AvgIpc) is 2.18. The summed E-state index contributed by atoms with van der Waals surface area (Å²) in [7, 11) is 0. The highest BCUT2D eigenvalue weighted by molar-refractivity contribution is 5.09. The molecule has 0 atom stereocenters. The van der Waals surface area contributed by atoms with E-state index in [2.05, 4.69) is 10.3 Å². The molecule has 0 saturated heterocycles. The van der Waals surface area contributed by atoms with Gasteiger partial charge in [0.1, 0.15) is 0 Å². The van der Waals surface area contributed by atoms with Crippen LogP contribution >= 0.6 is 0 Å². The van der Waals surface area contributed by atoms with Gasteiger partial charge in [-0.05, 0) is 37.1 Å². The summed E-state index contributed by atoms with van der Waals surface area (Å²) in [4.78, 5) is 3.90. The zero-order valence-electron chi connectivity index (χ0n) is 7.92. The molecule has 0 radical (unpaired) electrons. The number of hydrogen-bond acceptors (Lipinski definition) is 2. The zero-order valence-corrected chi connectivity index (χ0v) is 7.92. The fraction of sp³-hybridized carbons (Fsp3) is 0.500. The van der Waals surface area contributed by atoms with Crippen LogP contribution in [0.1, 0.15) is 12.0 Å². The van der Waals surface area contributed by atoms with Crippen LogP contribution in [0.3, 0.4) is 0 Å². The molecule has 1 rings (SSSR count). The predicted molar refractivity (Wildman–Crippen MR) is 51.4 cm³/mol. The summed E-state index contributed by atoms with van der Waals surface area (Å²) in [6.07, 6.45) is 3.00. The van der Waals surface area contributed by atoms with Crippen molar-refractivity contribution in [2.24, 2.45) is 0 Å². The molecular formula is C10H14F2N2. The van der Waals surface area contributed by atoms with Gasteiger partial charge in [-0.25, -0.2) is 8.78 Å². The minimum Gasteiger partial charge on any atom is -0.311 e. The summed E-state index contributed by atoms with van der Waals surface area (Å²) in [5, 5.41) is 2.69. The Morgan fingerprint density at radius 1 is 1.29 bits per heavy atom. The average molecular weight is 200 g/mol. The van der Waals surface area contributed by atoms with Crippen LogP contribution in [0.4, 0.5) is 8.78 Å². The lowest BCUT2D eigenvalue weighted by Crippen LogP contribution is -2.22. The fourth-order valence-corrected chi connectivity index (χ4v) is 1.18. The number of pyridine rings is 1. The van der Waals surface area contributed by atoms with Crippen molar-refractivity contribution in [3.63, 3.8) is 0 Å². The molecular weight excluding hydrogens is 186 g/mol. The minimum absolute atomic E-state index is 0.212. The number of rotatable bonds is 6. The van der Waals surface area contributed by atoms with Gasteiger partial charge in [0.15, 0.2) is 0 Å². The third kappa shape index (κ3) is 4.87. The maximum Gasteiger partial charge on any atom is 0.250 e. The lowest BCUT2D eigenvalue weighted by atomic mass is 10.1. The Hall–Kier alpha value is -1.03. The van der Waals surface area contributed by atoms with E-state index in [1.807, 2.05) is 12.1 Å². The van der Waals surface area contributed by atoms with Crippen molar-refractivity contribution in [1.29, 1.82) is 0 Å². The highest BCUT2D eigenvalue weighted by Gasteiger charge is 1.99. The van der Waals surface area contributed by atoms with Gasteiger partial charge in [0.25, 0.3) is 6.43 Å². The molecule has 0 amide bonds. The Balaban J connectivity index is 2.05. The second-order valence-electron chi connectivity index (χ2n) is 3.05. The fourth-order valence-electron chi connectivity index (χ4n) is 1.18. The topological polar surface area (TPSA) is 24.9 Å². The van der Waals surface area contributed by atoms with Crippen LogP contribution in [-0.4, -0.2) is 24.5 Å². The van der Waals surface area contributed by atoms with Crippen LogP contribution in [0, 0.1) is 0 Å². The summed E-state index contributed by atoms with van der Waals surface area (Å²) in [6, 6.07) is 3.88. The summed E-state index contributed by atoms with van der Waals surface area (Å²) in [5.74, 6) is 0. The summed E-state index contributed by atoms with van der Waals surface area (Å²) >= 11 is 0. The number of nitrogens with one attached hydrogen (secondary N) is 1. The van der Waals surface area contributed by atoms with E-state index >= 15 is 0 Å². The second kappa shape index (κ2) is 6.43. The molecule has 0 fully saturated rings. The Morgan fingerprint density at radius 3 is 2.64 bits per heavy atom. The molecule has 1 aromatic heterocycles. The van der Waals surface area contributed by atoms with Gasteiger partial charge in [0.2, 0.25) is 0 Å². The maximum absolute atomic E-state index is 11.7. The lowest BCUT2D eigenvalue weighted by Gasteiger charge is -2.03. The summed E-state index contributed by atoms with van der Waals surface area (Å²) < 4.78 is 23.4. The molecule has 0 unspecified atom stereocenters. The monoisotopic (exact) mass is 200 g/mol. The predicted octanol–water partition coefficient (Wildman–Crippen LogP) is 1.87. The van der Waals surface area contributed by atoms with Crippen molar-refractivity contribution in [1.82, 2.24) is 10.3 Å². The van der Waals surface area contributed by atoms with Crippen molar-refractivity contribution >= 4 is 0 Å². The molecule has 14 heavy (non-hydrogen) atoms. The van der Waals surface area contributed by atoms with Crippen LogP contribution in [-0.2, 0) is 6.42 Å². The van der Waals surface area contributed by atoms with Gasteiger partial charge >= 0.3 is 0 Å².